The van der Waals surface area contributed by atoms with E-state index in [2.05, 4.69) is 38.2 Å². The molecule has 0 saturated carbocycles. The third kappa shape index (κ3) is 5.62. The fraction of sp³-hybridized carbons (Fsp3) is 0.625. The van der Waals surface area contributed by atoms with E-state index in [1.165, 1.54) is 16.7 Å². The van der Waals surface area contributed by atoms with Crippen LogP contribution >= 0.6 is 0 Å². The molecular formula is C16H28N2O. The molecule has 0 fully saturated rings. The van der Waals surface area contributed by atoms with Crippen LogP contribution < -0.4 is 15.8 Å². The number of benzene rings is 1. The van der Waals surface area contributed by atoms with Crippen molar-refractivity contribution in [2.45, 2.75) is 46.1 Å². The van der Waals surface area contributed by atoms with Gasteiger partial charge in [-0.05, 0) is 75.9 Å². The highest BCUT2D eigenvalue weighted by Crippen LogP contribution is 2.24. The molecule has 0 bridgehead atoms. The average molecular weight is 264 g/mol. The van der Waals surface area contributed by atoms with E-state index in [-0.39, 0.29) is 0 Å². The van der Waals surface area contributed by atoms with Crippen molar-refractivity contribution in [3.63, 3.8) is 0 Å². The summed E-state index contributed by atoms with van der Waals surface area (Å²) in [6.45, 7) is 8.33. The Morgan fingerprint density at radius 3 is 2.63 bits per heavy atom. The molecule has 0 aliphatic heterocycles. The Morgan fingerprint density at radius 1 is 1.26 bits per heavy atom. The molecule has 1 aromatic carbocycles. The fourth-order valence-corrected chi connectivity index (χ4v) is 2.35. The summed E-state index contributed by atoms with van der Waals surface area (Å²) in [6, 6.07) is 4.63. The molecule has 0 heterocycles. The number of hydrogen-bond acceptors (Lipinski definition) is 3. The Kier molecular flexibility index (Phi) is 6.89. The third-order valence-corrected chi connectivity index (χ3v) is 3.36. The van der Waals surface area contributed by atoms with Crippen molar-refractivity contribution in [3.05, 3.63) is 28.8 Å². The summed E-state index contributed by atoms with van der Waals surface area (Å²) < 4.78 is 5.47. The van der Waals surface area contributed by atoms with Crippen LogP contribution in [0.2, 0.25) is 0 Å². The highest BCUT2D eigenvalue weighted by Gasteiger charge is 2.07. The number of ether oxygens (including phenoxy) is 1. The molecule has 0 amide bonds. The van der Waals surface area contributed by atoms with Gasteiger partial charge in [-0.15, -0.1) is 0 Å². The lowest BCUT2D eigenvalue weighted by atomic mass is 10.0. The molecule has 19 heavy (non-hydrogen) atoms. The number of rotatable bonds is 8. The first-order chi connectivity index (χ1) is 9.04. The van der Waals surface area contributed by atoms with E-state index in [9.17, 15) is 0 Å². The van der Waals surface area contributed by atoms with Gasteiger partial charge in [0.25, 0.3) is 0 Å². The Balaban J connectivity index is 2.41. The van der Waals surface area contributed by atoms with Gasteiger partial charge in [-0.2, -0.15) is 0 Å². The summed E-state index contributed by atoms with van der Waals surface area (Å²) in [4.78, 5) is 0. The quantitative estimate of drug-likeness (QED) is 0.709. The van der Waals surface area contributed by atoms with Gasteiger partial charge in [0.2, 0.25) is 0 Å². The van der Waals surface area contributed by atoms with Crippen LogP contribution in [0.25, 0.3) is 0 Å². The lowest BCUT2D eigenvalue weighted by Crippen LogP contribution is -2.22. The molecule has 0 spiro atoms. The Labute approximate surface area is 117 Å². The van der Waals surface area contributed by atoms with E-state index in [1.54, 1.807) is 7.11 Å². The normalized spacial score (nSPS) is 12.5. The maximum absolute atomic E-state index is 5.73. The fourth-order valence-electron chi connectivity index (χ4n) is 2.35. The molecule has 108 valence electrons. The summed E-state index contributed by atoms with van der Waals surface area (Å²) in [6.07, 6.45) is 3.23. The largest absolute Gasteiger partial charge is 0.496 e. The monoisotopic (exact) mass is 264 g/mol. The van der Waals surface area contributed by atoms with Crippen molar-refractivity contribution < 1.29 is 4.74 Å². The van der Waals surface area contributed by atoms with Crippen LogP contribution in [0.4, 0.5) is 0 Å². The number of nitrogens with one attached hydrogen (secondary N) is 1. The van der Waals surface area contributed by atoms with Gasteiger partial charge >= 0.3 is 0 Å². The molecule has 1 unspecified atom stereocenters. The number of methoxy groups -OCH3 is 1. The summed E-state index contributed by atoms with van der Waals surface area (Å²) in [7, 11) is 1.74. The number of hydrogen-bond donors (Lipinski definition) is 2. The molecule has 3 N–H and O–H groups in total. The molecule has 0 aromatic heterocycles. The van der Waals surface area contributed by atoms with E-state index in [0.29, 0.717) is 6.04 Å². The van der Waals surface area contributed by atoms with Gasteiger partial charge in [0.15, 0.2) is 0 Å². The van der Waals surface area contributed by atoms with Crippen molar-refractivity contribution in [2.24, 2.45) is 5.73 Å². The maximum Gasteiger partial charge on any atom is 0.122 e. The van der Waals surface area contributed by atoms with Gasteiger partial charge in [0.1, 0.15) is 5.75 Å². The van der Waals surface area contributed by atoms with Crippen molar-refractivity contribution in [1.29, 1.82) is 0 Å². The Hall–Kier alpha value is -1.06. The van der Waals surface area contributed by atoms with Crippen molar-refractivity contribution in [1.82, 2.24) is 5.32 Å². The van der Waals surface area contributed by atoms with Crippen LogP contribution in [0, 0.1) is 13.8 Å². The summed E-state index contributed by atoms with van der Waals surface area (Å²) in [5.74, 6) is 1.01. The molecule has 0 saturated heterocycles. The van der Waals surface area contributed by atoms with Crippen molar-refractivity contribution in [2.75, 3.05) is 20.2 Å². The van der Waals surface area contributed by atoms with Gasteiger partial charge in [0.05, 0.1) is 7.11 Å². The Morgan fingerprint density at radius 2 is 2.00 bits per heavy atom. The summed E-state index contributed by atoms with van der Waals surface area (Å²) >= 11 is 0. The van der Waals surface area contributed by atoms with Crippen LogP contribution in [0.3, 0.4) is 0 Å². The second-order valence-corrected chi connectivity index (χ2v) is 5.38. The van der Waals surface area contributed by atoms with Gasteiger partial charge in [-0.3, -0.25) is 0 Å². The first-order valence-corrected chi connectivity index (χ1v) is 7.15. The highest BCUT2D eigenvalue weighted by molar-refractivity contribution is 5.43. The van der Waals surface area contributed by atoms with Crippen molar-refractivity contribution >= 4 is 0 Å². The number of nitrogens with two attached hydrogens (primary N) is 1. The SMILES string of the molecule is COc1cc(C)cc(C)c1CCNCCCC(C)N. The molecular weight excluding hydrogens is 236 g/mol. The predicted molar refractivity (Wildman–Crippen MR) is 81.9 cm³/mol. The lowest BCUT2D eigenvalue weighted by molar-refractivity contribution is 0.408. The van der Waals surface area contributed by atoms with Crippen LogP contribution in [-0.2, 0) is 6.42 Å². The molecule has 1 rings (SSSR count). The van der Waals surface area contributed by atoms with Crippen LogP contribution in [0.15, 0.2) is 12.1 Å². The molecule has 3 nitrogen and oxygen atoms in total. The minimum Gasteiger partial charge on any atom is -0.496 e. The van der Waals surface area contributed by atoms with Gasteiger partial charge in [-0.25, -0.2) is 0 Å². The molecule has 3 heteroatoms. The highest BCUT2D eigenvalue weighted by atomic mass is 16.5. The predicted octanol–water partition coefficient (Wildman–Crippen LogP) is 2.57. The second-order valence-electron chi connectivity index (χ2n) is 5.38. The van der Waals surface area contributed by atoms with Gasteiger partial charge < -0.3 is 15.8 Å². The zero-order valence-corrected chi connectivity index (χ0v) is 12.8. The van der Waals surface area contributed by atoms with E-state index >= 15 is 0 Å². The number of aryl methyl sites for hydroxylation is 2. The minimum absolute atomic E-state index is 0.307. The zero-order chi connectivity index (χ0) is 14.3. The first kappa shape index (κ1) is 16.0. The minimum atomic E-state index is 0.307. The molecule has 0 aliphatic carbocycles. The van der Waals surface area contributed by atoms with E-state index in [4.69, 9.17) is 10.5 Å². The maximum atomic E-state index is 5.73. The first-order valence-electron chi connectivity index (χ1n) is 7.15. The van der Waals surface area contributed by atoms with Crippen LogP contribution in [0.1, 0.15) is 36.5 Å². The van der Waals surface area contributed by atoms with Crippen LogP contribution in [0.5, 0.6) is 5.75 Å². The summed E-state index contributed by atoms with van der Waals surface area (Å²) in [5.41, 5.74) is 9.61. The molecule has 0 radical (unpaired) electrons. The van der Waals surface area contributed by atoms with E-state index < -0.39 is 0 Å². The molecule has 0 aliphatic rings. The summed E-state index contributed by atoms with van der Waals surface area (Å²) in [5, 5.41) is 3.47. The van der Waals surface area contributed by atoms with Crippen molar-refractivity contribution in [3.8, 4) is 5.75 Å². The van der Waals surface area contributed by atoms with E-state index in [1.807, 2.05) is 0 Å². The average Bonchev–Trinajstić information content (AvgIpc) is 2.34. The smallest absolute Gasteiger partial charge is 0.122 e. The van der Waals surface area contributed by atoms with Gasteiger partial charge in [-0.1, -0.05) is 6.07 Å². The Bertz CT molecular complexity index is 389. The van der Waals surface area contributed by atoms with Gasteiger partial charge in [0, 0.05) is 6.04 Å². The van der Waals surface area contributed by atoms with Crippen LogP contribution in [-0.4, -0.2) is 26.2 Å². The second kappa shape index (κ2) is 8.18. The van der Waals surface area contributed by atoms with E-state index in [0.717, 1.165) is 38.1 Å². The standard InChI is InChI=1S/C16H28N2O/c1-12-10-13(2)15(16(11-12)19-4)7-9-18-8-5-6-14(3)17/h10-11,14,18H,5-9,17H2,1-4H3. The molecule has 1 atom stereocenters. The molecule has 1 aromatic rings. The third-order valence-electron chi connectivity index (χ3n) is 3.36. The lowest BCUT2D eigenvalue weighted by Gasteiger charge is -2.13. The topological polar surface area (TPSA) is 47.3 Å². The zero-order valence-electron chi connectivity index (χ0n) is 12.8.